The molecular formula is C15H32N2O. The van der Waals surface area contributed by atoms with Gasteiger partial charge >= 0.3 is 0 Å². The summed E-state index contributed by atoms with van der Waals surface area (Å²) in [4.78, 5) is 2.53. The van der Waals surface area contributed by atoms with E-state index in [1.807, 2.05) is 0 Å². The standard InChI is InChI=1S/C15H32N2O/c1-6-9-17(12-14(2,3)11-16)10-13-7-8-15(4,5)18-13/h13H,6-12,16H2,1-5H3. The molecule has 0 radical (unpaired) electrons. The molecule has 1 saturated heterocycles. The number of hydrogen-bond acceptors (Lipinski definition) is 3. The number of hydrogen-bond donors (Lipinski definition) is 1. The summed E-state index contributed by atoms with van der Waals surface area (Å²) < 4.78 is 6.10. The van der Waals surface area contributed by atoms with E-state index >= 15 is 0 Å². The van der Waals surface area contributed by atoms with E-state index in [0.717, 1.165) is 26.2 Å². The van der Waals surface area contributed by atoms with E-state index < -0.39 is 0 Å². The molecule has 2 N–H and O–H groups in total. The second-order valence-electron chi connectivity index (χ2n) is 7.14. The molecule has 1 unspecified atom stereocenters. The van der Waals surface area contributed by atoms with Gasteiger partial charge in [0.05, 0.1) is 11.7 Å². The SMILES string of the molecule is CCCN(CC1CCC(C)(C)O1)CC(C)(C)CN. The van der Waals surface area contributed by atoms with Crippen molar-refractivity contribution in [2.45, 2.75) is 65.6 Å². The second-order valence-corrected chi connectivity index (χ2v) is 7.14. The van der Waals surface area contributed by atoms with E-state index in [4.69, 9.17) is 10.5 Å². The number of nitrogens with two attached hydrogens (primary N) is 1. The minimum absolute atomic E-state index is 0.0753. The summed E-state index contributed by atoms with van der Waals surface area (Å²) in [6, 6.07) is 0. The Morgan fingerprint density at radius 1 is 1.39 bits per heavy atom. The highest BCUT2D eigenvalue weighted by atomic mass is 16.5. The van der Waals surface area contributed by atoms with Crippen molar-refractivity contribution in [3.8, 4) is 0 Å². The lowest BCUT2D eigenvalue weighted by Gasteiger charge is -2.33. The molecule has 0 aromatic heterocycles. The third-order valence-corrected chi connectivity index (χ3v) is 3.76. The van der Waals surface area contributed by atoms with Crippen molar-refractivity contribution in [3.63, 3.8) is 0 Å². The van der Waals surface area contributed by atoms with E-state index in [9.17, 15) is 0 Å². The average Bonchev–Trinajstić information content (AvgIpc) is 2.58. The minimum Gasteiger partial charge on any atom is -0.371 e. The summed E-state index contributed by atoms with van der Waals surface area (Å²) in [7, 11) is 0. The van der Waals surface area contributed by atoms with E-state index in [2.05, 4.69) is 39.5 Å². The molecule has 108 valence electrons. The fourth-order valence-corrected chi connectivity index (χ4v) is 2.72. The van der Waals surface area contributed by atoms with Gasteiger partial charge in [0.1, 0.15) is 0 Å². The van der Waals surface area contributed by atoms with Crippen molar-refractivity contribution in [2.24, 2.45) is 11.1 Å². The normalized spacial score (nSPS) is 23.8. The van der Waals surface area contributed by atoms with Crippen LogP contribution in [0.25, 0.3) is 0 Å². The first-order chi connectivity index (χ1) is 8.28. The lowest BCUT2D eigenvalue weighted by molar-refractivity contribution is -0.0318. The zero-order valence-electron chi connectivity index (χ0n) is 13.0. The Morgan fingerprint density at radius 3 is 2.50 bits per heavy atom. The Kier molecular flexibility index (Phi) is 5.63. The van der Waals surface area contributed by atoms with Gasteiger partial charge in [-0.1, -0.05) is 20.8 Å². The molecule has 1 heterocycles. The summed E-state index contributed by atoms with van der Waals surface area (Å²) in [6.07, 6.45) is 3.96. The van der Waals surface area contributed by atoms with Crippen LogP contribution < -0.4 is 5.73 Å². The molecule has 1 aliphatic heterocycles. The predicted molar refractivity (Wildman–Crippen MR) is 77.8 cm³/mol. The molecule has 1 atom stereocenters. The minimum atomic E-state index is 0.0753. The van der Waals surface area contributed by atoms with Gasteiger partial charge in [-0.2, -0.15) is 0 Å². The summed E-state index contributed by atoms with van der Waals surface area (Å²) in [5.74, 6) is 0. The van der Waals surface area contributed by atoms with Crippen LogP contribution in [-0.4, -0.2) is 42.8 Å². The largest absolute Gasteiger partial charge is 0.371 e. The fraction of sp³-hybridized carbons (Fsp3) is 1.00. The molecule has 0 amide bonds. The van der Waals surface area contributed by atoms with Crippen LogP contribution in [0.3, 0.4) is 0 Å². The Bertz CT molecular complexity index is 251. The van der Waals surface area contributed by atoms with E-state index in [0.29, 0.717) is 6.10 Å². The first-order valence-electron chi connectivity index (χ1n) is 7.38. The maximum absolute atomic E-state index is 6.10. The Balaban J connectivity index is 2.48. The van der Waals surface area contributed by atoms with Crippen molar-refractivity contribution < 1.29 is 4.74 Å². The van der Waals surface area contributed by atoms with Crippen molar-refractivity contribution in [2.75, 3.05) is 26.2 Å². The molecule has 1 aliphatic rings. The molecule has 0 bridgehead atoms. The molecule has 1 rings (SSSR count). The van der Waals surface area contributed by atoms with Gasteiger partial charge in [-0.3, -0.25) is 0 Å². The summed E-state index contributed by atoms with van der Waals surface area (Å²) in [5.41, 5.74) is 6.12. The lowest BCUT2D eigenvalue weighted by atomic mass is 9.93. The summed E-state index contributed by atoms with van der Waals surface area (Å²) in [5, 5.41) is 0. The molecule has 1 fully saturated rings. The van der Waals surface area contributed by atoms with Crippen LogP contribution in [0.1, 0.15) is 53.9 Å². The molecule has 0 aliphatic carbocycles. The van der Waals surface area contributed by atoms with Crippen LogP contribution in [0, 0.1) is 5.41 Å². The second kappa shape index (κ2) is 6.36. The monoisotopic (exact) mass is 256 g/mol. The number of ether oxygens (including phenoxy) is 1. The average molecular weight is 256 g/mol. The highest BCUT2D eigenvalue weighted by molar-refractivity contribution is 4.84. The molecular weight excluding hydrogens is 224 g/mol. The smallest absolute Gasteiger partial charge is 0.0710 e. The van der Waals surface area contributed by atoms with Crippen LogP contribution in [-0.2, 0) is 4.74 Å². The van der Waals surface area contributed by atoms with E-state index in [-0.39, 0.29) is 11.0 Å². The third kappa shape index (κ3) is 5.25. The van der Waals surface area contributed by atoms with Gasteiger partial charge in [-0.15, -0.1) is 0 Å². The summed E-state index contributed by atoms with van der Waals surface area (Å²) in [6.45, 7) is 15.1. The molecule has 3 nitrogen and oxygen atoms in total. The highest BCUT2D eigenvalue weighted by Crippen LogP contribution is 2.30. The Labute approximate surface area is 113 Å². The van der Waals surface area contributed by atoms with Gasteiger partial charge in [0.2, 0.25) is 0 Å². The van der Waals surface area contributed by atoms with Crippen molar-refractivity contribution >= 4 is 0 Å². The van der Waals surface area contributed by atoms with Gasteiger partial charge in [0.15, 0.2) is 0 Å². The lowest BCUT2D eigenvalue weighted by Crippen LogP contribution is -2.42. The van der Waals surface area contributed by atoms with E-state index in [1.54, 1.807) is 0 Å². The third-order valence-electron chi connectivity index (χ3n) is 3.76. The van der Waals surface area contributed by atoms with Crippen molar-refractivity contribution in [1.82, 2.24) is 4.90 Å². The van der Waals surface area contributed by atoms with Crippen LogP contribution in [0.2, 0.25) is 0 Å². The van der Waals surface area contributed by atoms with Gasteiger partial charge < -0.3 is 15.4 Å². The Morgan fingerprint density at radius 2 is 2.06 bits per heavy atom. The maximum atomic E-state index is 6.10. The summed E-state index contributed by atoms with van der Waals surface area (Å²) >= 11 is 0. The molecule has 0 saturated carbocycles. The highest BCUT2D eigenvalue weighted by Gasteiger charge is 2.33. The Hall–Kier alpha value is -0.120. The molecule has 0 aromatic rings. The number of nitrogens with zero attached hydrogens (tertiary/aromatic N) is 1. The zero-order valence-corrected chi connectivity index (χ0v) is 13.0. The van der Waals surface area contributed by atoms with Gasteiger partial charge in [-0.25, -0.2) is 0 Å². The van der Waals surface area contributed by atoms with Crippen LogP contribution in [0.5, 0.6) is 0 Å². The van der Waals surface area contributed by atoms with E-state index in [1.165, 1.54) is 19.3 Å². The number of rotatable bonds is 7. The molecule has 3 heteroatoms. The molecule has 18 heavy (non-hydrogen) atoms. The first-order valence-corrected chi connectivity index (χ1v) is 7.38. The van der Waals surface area contributed by atoms with Crippen LogP contribution in [0.15, 0.2) is 0 Å². The van der Waals surface area contributed by atoms with Crippen LogP contribution in [0.4, 0.5) is 0 Å². The van der Waals surface area contributed by atoms with Gasteiger partial charge in [-0.05, 0) is 51.6 Å². The quantitative estimate of drug-likeness (QED) is 0.761. The zero-order chi connectivity index (χ0) is 13.8. The van der Waals surface area contributed by atoms with Gasteiger partial charge in [0, 0.05) is 13.1 Å². The van der Waals surface area contributed by atoms with Crippen LogP contribution >= 0.6 is 0 Å². The fourth-order valence-electron chi connectivity index (χ4n) is 2.72. The van der Waals surface area contributed by atoms with Gasteiger partial charge in [0.25, 0.3) is 0 Å². The van der Waals surface area contributed by atoms with Crippen molar-refractivity contribution in [1.29, 1.82) is 0 Å². The molecule has 0 aromatic carbocycles. The first kappa shape index (κ1) is 15.9. The topological polar surface area (TPSA) is 38.5 Å². The predicted octanol–water partition coefficient (Wildman–Crippen LogP) is 2.64. The maximum Gasteiger partial charge on any atom is 0.0710 e. The van der Waals surface area contributed by atoms with Crippen molar-refractivity contribution in [3.05, 3.63) is 0 Å². The molecule has 0 spiro atoms.